The molecule has 0 aliphatic heterocycles. The van der Waals surface area contributed by atoms with Gasteiger partial charge in [0.2, 0.25) is 0 Å². The summed E-state index contributed by atoms with van der Waals surface area (Å²) in [5.41, 5.74) is -0.533. The van der Waals surface area contributed by atoms with Crippen molar-refractivity contribution in [2.75, 3.05) is 0 Å². The molecule has 0 unspecified atom stereocenters. The van der Waals surface area contributed by atoms with Gasteiger partial charge >= 0.3 is 5.97 Å². The standard InChI is InChI=1S/C9H18O2/c1-5-7(3)9(4,6-2)8(10)11/h7H,5-6H2,1-4H3,(H,10,11)/t7-,9-/m1/s1. The van der Waals surface area contributed by atoms with Crippen molar-refractivity contribution in [2.45, 2.75) is 40.5 Å². The van der Waals surface area contributed by atoms with E-state index in [2.05, 4.69) is 0 Å². The Labute approximate surface area is 68.6 Å². The molecule has 2 nitrogen and oxygen atoms in total. The van der Waals surface area contributed by atoms with E-state index < -0.39 is 11.4 Å². The molecule has 2 atom stereocenters. The quantitative estimate of drug-likeness (QED) is 0.682. The molecule has 0 fully saturated rings. The molecule has 0 aromatic carbocycles. The fourth-order valence-electron chi connectivity index (χ4n) is 1.16. The largest absolute Gasteiger partial charge is 0.481 e. The SMILES string of the molecule is CC[C@@H](C)[C@@](C)(CC)C(=O)O. The van der Waals surface area contributed by atoms with Crippen LogP contribution in [0.3, 0.4) is 0 Å². The molecule has 2 heteroatoms. The predicted octanol–water partition coefficient (Wildman–Crippen LogP) is 2.53. The minimum atomic E-state index is -0.672. The van der Waals surface area contributed by atoms with Crippen LogP contribution < -0.4 is 0 Å². The zero-order valence-corrected chi connectivity index (χ0v) is 7.85. The number of carboxylic acid groups (broad SMARTS) is 1. The van der Waals surface area contributed by atoms with Crippen molar-refractivity contribution in [3.8, 4) is 0 Å². The molecule has 66 valence electrons. The second kappa shape index (κ2) is 3.74. The lowest BCUT2D eigenvalue weighted by Gasteiger charge is -2.29. The number of hydrogen-bond acceptors (Lipinski definition) is 1. The second-order valence-electron chi connectivity index (χ2n) is 3.39. The third-order valence-corrected chi connectivity index (χ3v) is 2.92. The minimum absolute atomic E-state index is 0.255. The predicted molar refractivity (Wildman–Crippen MR) is 45.5 cm³/mol. The molecular formula is C9H18O2. The zero-order valence-electron chi connectivity index (χ0n) is 7.85. The van der Waals surface area contributed by atoms with Gasteiger partial charge in [0.15, 0.2) is 0 Å². The van der Waals surface area contributed by atoms with Crippen molar-refractivity contribution in [3.63, 3.8) is 0 Å². The fourth-order valence-corrected chi connectivity index (χ4v) is 1.16. The molecule has 0 aromatic rings. The van der Waals surface area contributed by atoms with Crippen LogP contribution in [0.2, 0.25) is 0 Å². The average Bonchev–Trinajstić information content (AvgIpc) is 2.01. The summed E-state index contributed by atoms with van der Waals surface area (Å²) >= 11 is 0. The van der Waals surface area contributed by atoms with Gasteiger partial charge < -0.3 is 5.11 Å². The van der Waals surface area contributed by atoms with Crippen molar-refractivity contribution in [2.24, 2.45) is 11.3 Å². The molecule has 1 N–H and O–H groups in total. The van der Waals surface area contributed by atoms with Crippen LogP contribution in [-0.2, 0) is 4.79 Å². The van der Waals surface area contributed by atoms with Gasteiger partial charge in [-0.2, -0.15) is 0 Å². The molecule has 0 aliphatic rings. The minimum Gasteiger partial charge on any atom is -0.481 e. The number of rotatable bonds is 4. The summed E-state index contributed by atoms with van der Waals surface area (Å²) in [4.78, 5) is 10.9. The smallest absolute Gasteiger partial charge is 0.309 e. The Morgan fingerprint density at radius 1 is 1.55 bits per heavy atom. The van der Waals surface area contributed by atoms with Crippen molar-refractivity contribution >= 4 is 5.97 Å². The van der Waals surface area contributed by atoms with Crippen molar-refractivity contribution in [1.29, 1.82) is 0 Å². The Kier molecular flexibility index (Phi) is 3.56. The van der Waals surface area contributed by atoms with Gasteiger partial charge in [-0.15, -0.1) is 0 Å². The molecule has 0 saturated carbocycles. The molecule has 0 radical (unpaired) electrons. The third kappa shape index (κ3) is 1.95. The highest BCUT2D eigenvalue weighted by Crippen LogP contribution is 2.33. The normalized spacial score (nSPS) is 18.9. The summed E-state index contributed by atoms with van der Waals surface area (Å²) < 4.78 is 0. The van der Waals surface area contributed by atoms with Crippen LogP contribution in [0.25, 0.3) is 0 Å². The molecule has 0 amide bonds. The maximum atomic E-state index is 10.9. The maximum absolute atomic E-state index is 10.9. The van der Waals surface area contributed by atoms with Crippen LogP contribution in [-0.4, -0.2) is 11.1 Å². The highest BCUT2D eigenvalue weighted by molar-refractivity contribution is 5.74. The van der Waals surface area contributed by atoms with Gasteiger partial charge in [-0.05, 0) is 19.3 Å². The monoisotopic (exact) mass is 158 g/mol. The number of aliphatic carboxylic acids is 1. The Bertz CT molecular complexity index is 142. The van der Waals surface area contributed by atoms with Crippen LogP contribution in [0.5, 0.6) is 0 Å². The van der Waals surface area contributed by atoms with Gasteiger partial charge in [0, 0.05) is 0 Å². The second-order valence-corrected chi connectivity index (χ2v) is 3.39. The van der Waals surface area contributed by atoms with Crippen LogP contribution >= 0.6 is 0 Å². The molecule has 0 rings (SSSR count). The van der Waals surface area contributed by atoms with Gasteiger partial charge in [0.05, 0.1) is 5.41 Å². The topological polar surface area (TPSA) is 37.3 Å². The molecule has 0 spiro atoms. The molecule has 0 heterocycles. The van der Waals surface area contributed by atoms with Gasteiger partial charge in [0.1, 0.15) is 0 Å². The van der Waals surface area contributed by atoms with E-state index in [1.54, 1.807) is 0 Å². The van der Waals surface area contributed by atoms with E-state index in [1.165, 1.54) is 0 Å². The highest BCUT2D eigenvalue weighted by Gasteiger charge is 2.35. The van der Waals surface area contributed by atoms with Crippen LogP contribution in [0.4, 0.5) is 0 Å². The molecule has 11 heavy (non-hydrogen) atoms. The molecular weight excluding hydrogens is 140 g/mol. The summed E-state index contributed by atoms with van der Waals surface area (Å²) in [7, 11) is 0. The lowest BCUT2D eigenvalue weighted by molar-refractivity contribution is -0.151. The number of carboxylic acids is 1. The highest BCUT2D eigenvalue weighted by atomic mass is 16.4. The van der Waals surface area contributed by atoms with Crippen LogP contribution in [0.15, 0.2) is 0 Å². The summed E-state index contributed by atoms with van der Waals surface area (Å²) in [6.07, 6.45) is 1.63. The Morgan fingerprint density at radius 3 is 2.09 bits per heavy atom. The first kappa shape index (κ1) is 10.5. The molecule has 0 saturated heterocycles. The third-order valence-electron chi connectivity index (χ3n) is 2.92. The zero-order chi connectivity index (χ0) is 9.07. The van der Waals surface area contributed by atoms with Gasteiger partial charge in [-0.25, -0.2) is 0 Å². The Morgan fingerprint density at radius 2 is 2.00 bits per heavy atom. The van der Waals surface area contributed by atoms with Gasteiger partial charge in [-0.3, -0.25) is 4.79 Å². The van der Waals surface area contributed by atoms with E-state index in [4.69, 9.17) is 5.11 Å². The van der Waals surface area contributed by atoms with Gasteiger partial charge in [-0.1, -0.05) is 27.2 Å². The van der Waals surface area contributed by atoms with Gasteiger partial charge in [0.25, 0.3) is 0 Å². The lowest BCUT2D eigenvalue weighted by Crippen LogP contribution is -2.33. The maximum Gasteiger partial charge on any atom is 0.309 e. The van der Waals surface area contributed by atoms with Crippen molar-refractivity contribution in [3.05, 3.63) is 0 Å². The van der Waals surface area contributed by atoms with Crippen LogP contribution in [0, 0.1) is 11.3 Å². The molecule has 0 aliphatic carbocycles. The van der Waals surface area contributed by atoms with Crippen molar-refractivity contribution in [1.82, 2.24) is 0 Å². The fraction of sp³-hybridized carbons (Fsp3) is 0.889. The summed E-state index contributed by atoms with van der Waals surface area (Å²) in [6.45, 7) is 7.78. The first-order valence-corrected chi connectivity index (χ1v) is 4.22. The summed E-state index contributed by atoms with van der Waals surface area (Å²) in [5.74, 6) is -0.417. The number of hydrogen-bond donors (Lipinski definition) is 1. The summed E-state index contributed by atoms with van der Waals surface area (Å²) in [5, 5.41) is 8.93. The molecule has 0 aromatic heterocycles. The van der Waals surface area contributed by atoms with E-state index in [9.17, 15) is 4.79 Å². The van der Waals surface area contributed by atoms with E-state index in [0.29, 0.717) is 6.42 Å². The first-order valence-electron chi connectivity index (χ1n) is 4.22. The van der Waals surface area contributed by atoms with E-state index in [-0.39, 0.29) is 5.92 Å². The van der Waals surface area contributed by atoms with Crippen molar-refractivity contribution < 1.29 is 9.90 Å². The molecule has 0 bridgehead atoms. The van der Waals surface area contributed by atoms with Crippen LogP contribution in [0.1, 0.15) is 40.5 Å². The van der Waals surface area contributed by atoms with E-state index in [0.717, 1.165) is 6.42 Å². The van der Waals surface area contributed by atoms with E-state index in [1.807, 2.05) is 27.7 Å². The van der Waals surface area contributed by atoms with E-state index >= 15 is 0 Å². The lowest BCUT2D eigenvalue weighted by atomic mass is 9.75. The first-order chi connectivity index (χ1) is 4.99. The Balaban J connectivity index is 4.45. The summed E-state index contributed by atoms with van der Waals surface area (Å²) in [6, 6.07) is 0. The average molecular weight is 158 g/mol. The Hall–Kier alpha value is -0.530. The number of carbonyl (C=O) groups is 1.